The molecule has 0 aliphatic rings. The molecule has 0 saturated carbocycles. The first-order chi connectivity index (χ1) is 16.1. The lowest BCUT2D eigenvalue weighted by molar-refractivity contribution is -0.119. The first kappa shape index (κ1) is 24.9. The Morgan fingerprint density at radius 1 is 1.12 bits per heavy atom. The molecule has 7 nitrogen and oxygen atoms in total. The molecule has 0 radical (unpaired) electrons. The molecular weight excluding hydrogens is 466 g/mol. The number of ether oxygens (including phenoxy) is 1. The monoisotopic (exact) mass is 488 g/mol. The van der Waals surface area contributed by atoms with E-state index in [4.69, 9.17) is 11.6 Å². The second kappa shape index (κ2) is 10.9. The third-order valence-electron chi connectivity index (χ3n) is 4.83. The molecule has 34 heavy (non-hydrogen) atoms. The van der Waals surface area contributed by atoms with Gasteiger partial charge in [0.15, 0.2) is 0 Å². The van der Waals surface area contributed by atoms with Crippen LogP contribution in [-0.4, -0.2) is 28.2 Å². The summed E-state index contributed by atoms with van der Waals surface area (Å²) in [7, 11) is 0. The number of hydrogen-bond donors (Lipinski definition) is 2. The number of para-hydroxylation sites is 1. The summed E-state index contributed by atoms with van der Waals surface area (Å²) in [6, 6.07) is 12.1. The maximum atomic E-state index is 12.6. The maximum absolute atomic E-state index is 12.6. The van der Waals surface area contributed by atoms with Crippen molar-refractivity contribution in [3.63, 3.8) is 0 Å². The van der Waals surface area contributed by atoms with Gasteiger partial charge in [0.05, 0.1) is 16.4 Å². The minimum absolute atomic E-state index is 0.0422. The molecular formula is C24H23ClF2N4O3. The first-order valence-electron chi connectivity index (χ1n) is 10.3. The van der Waals surface area contributed by atoms with E-state index in [2.05, 4.69) is 20.5 Å². The summed E-state index contributed by atoms with van der Waals surface area (Å²) in [6.07, 6.45) is 2.55. The van der Waals surface area contributed by atoms with Gasteiger partial charge in [-0.15, -0.1) is 0 Å². The third-order valence-corrected chi connectivity index (χ3v) is 5.15. The van der Waals surface area contributed by atoms with Gasteiger partial charge in [-0.3, -0.25) is 14.3 Å². The second-order valence-electron chi connectivity index (χ2n) is 7.47. The zero-order valence-corrected chi connectivity index (χ0v) is 19.4. The number of anilines is 2. The van der Waals surface area contributed by atoms with Crippen molar-refractivity contribution in [2.24, 2.45) is 0 Å². The van der Waals surface area contributed by atoms with Crippen LogP contribution >= 0.6 is 11.6 Å². The molecule has 0 fully saturated rings. The highest BCUT2D eigenvalue weighted by Gasteiger charge is 2.19. The predicted molar refractivity (Wildman–Crippen MR) is 127 cm³/mol. The minimum Gasteiger partial charge on any atom is -0.434 e. The molecule has 0 saturated heterocycles. The van der Waals surface area contributed by atoms with Crippen LogP contribution < -0.4 is 15.4 Å². The van der Waals surface area contributed by atoms with Crippen molar-refractivity contribution in [1.82, 2.24) is 9.78 Å². The molecule has 1 aromatic heterocycles. The van der Waals surface area contributed by atoms with Gasteiger partial charge in [0.2, 0.25) is 11.8 Å². The normalized spacial score (nSPS) is 12.1. The lowest BCUT2D eigenvalue weighted by atomic mass is 10.2. The van der Waals surface area contributed by atoms with Crippen molar-refractivity contribution in [3.05, 3.63) is 76.6 Å². The summed E-state index contributed by atoms with van der Waals surface area (Å²) in [5, 5.41) is 9.94. The van der Waals surface area contributed by atoms with Crippen LogP contribution in [0, 0.1) is 13.8 Å². The number of halogens is 3. The van der Waals surface area contributed by atoms with Gasteiger partial charge in [-0.25, -0.2) is 0 Å². The average molecular weight is 489 g/mol. The standard InChI is InChI=1S/C24H23ClF2N4O3/c1-14-12-15(2)31(30-14)16(3)23(33)29-20-10-9-18(13-19(20)25)28-22(32)11-8-17-6-4-5-7-21(17)34-24(26)27/h4-13,16,24H,1-3H3,(H,28,32)(H,29,33)/b11-8+. The van der Waals surface area contributed by atoms with Gasteiger partial charge in [-0.05, 0) is 57.2 Å². The largest absolute Gasteiger partial charge is 0.434 e. The Morgan fingerprint density at radius 2 is 1.85 bits per heavy atom. The average Bonchev–Trinajstić information content (AvgIpc) is 3.11. The first-order valence-corrected chi connectivity index (χ1v) is 10.7. The van der Waals surface area contributed by atoms with E-state index < -0.39 is 18.6 Å². The Bertz CT molecular complexity index is 1230. The van der Waals surface area contributed by atoms with Crippen LogP contribution in [0.5, 0.6) is 5.75 Å². The van der Waals surface area contributed by atoms with E-state index in [1.807, 2.05) is 19.9 Å². The highest BCUT2D eigenvalue weighted by atomic mass is 35.5. The quantitative estimate of drug-likeness (QED) is 0.404. The second-order valence-corrected chi connectivity index (χ2v) is 7.88. The fourth-order valence-corrected chi connectivity index (χ4v) is 3.48. The Morgan fingerprint density at radius 3 is 2.50 bits per heavy atom. The van der Waals surface area contributed by atoms with E-state index in [-0.39, 0.29) is 16.7 Å². The highest BCUT2D eigenvalue weighted by Crippen LogP contribution is 2.27. The van der Waals surface area contributed by atoms with Crippen molar-refractivity contribution in [1.29, 1.82) is 0 Å². The van der Waals surface area contributed by atoms with E-state index >= 15 is 0 Å². The van der Waals surface area contributed by atoms with Gasteiger partial charge in [0.25, 0.3) is 0 Å². The number of alkyl halides is 2. The summed E-state index contributed by atoms with van der Waals surface area (Å²) in [6.45, 7) is 2.48. The molecule has 1 unspecified atom stereocenters. The van der Waals surface area contributed by atoms with Crippen molar-refractivity contribution in [3.8, 4) is 5.75 Å². The fraction of sp³-hybridized carbons (Fsp3) is 0.208. The van der Waals surface area contributed by atoms with Crippen LogP contribution in [0.15, 0.2) is 54.6 Å². The Balaban J connectivity index is 1.64. The number of carbonyl (C=O) groups is 2. The molecule has 0 aliphatic heterocycles. The number of aromatic nitrogens is 2. The number of nitrogens with zero attached hydrogens (tertiary/aromatic N) is 2. The zero-order chi connectivity index (χ0) is 24.8. The van der Waals surface area contributed by atoms with Crippen LogP contribution in [0.4, 0.5) is 20.2 Å². The van der Waals surface area contributed by atoms with Gasteiger partial charge < -0.3 is 15.4 Å². The van der Waals surface area contributed by atoms with Gasteiger partial charge in [0, 0.05) is 23.0 Å². The Hall–Kier alpha value is -3.72. The van der Waals surface area contributed by atoms with Gasteiger partial charge >= 0.3 is 6.61 Å². The minimum atomic E-state index is -2.97. The van der Waals surface area contributed by atoms with Crippen molar-refractivity contribution in [2.45, 2.75) is 33.4 Å². The van der Waals surface area contributed by atoms with Crippen LogP contribution in [0.2, 0.25) is 5.02 Å². The lowest BCUT2D eigenvalue weighted by Crippen LogP contribution is -2.25. The van der Waals surface area contributed by atoms with Crippen LogP contribution in [0.3, 0.4) is 0 Å². The Kier molecular flexibility index (Phi) is 8.01. The molecule has 2 N–H and O–H groups in total. The SMILES string of the molecule is Cc1cc(C)n(C(C)C(=O)Nc2ccc(NC(=O)/C=C/c3ccccc3OC(F)F)cc2Cl)n1. The number of nitrogens with one attached hydrogen (secondary N) is 2. The van der Waals surface area contributed by atoms with Crippen molar-refractivity contribution < 1.29 is 23.1 Å². The number of hydrogen-bond acceptors (Lipinski definition) is 4. The van der Waals surface area contributed by atoms with E-state index in [0.717, 1.165) is 11.4 Å². The van der Waals surface area contributed by atoms with E-state index in [1.165, 1.54) is 24.3 Å². The molecule has 3 rings (SSSR count). The Labute approximate surface area is 200 Å². The molecule has 2 amide bonds. The molecule has 0 bridgehead atoms. The molecule has 2 aromatic carbocycles. The van der Waals surface area contributed by atoms with Crippen LogP contribution in [0.1, 0.15) is 29.9 Å². The van der Waals surface area contributed by atoms with E-state index in [0.29, 0.717) is 16.9 Å². The summed E-state index contributed by atoms with van der Waals surface area (Å²) >= 11 is 6.29. The number of aryl methyl sites for hydroxylation is 2. The van der Waals surface area contributed by atoms with E-state index in [9.17, 15) is 18.4 Å². The van der Waals surface area contributed by atoms with Crippen molar-refractivity contribution >= 4 is 40.9 Å². The number of rotatable bonds is 8. The molecule has 10 heteroatoms. The number of carbonyl (C=O) groups excluding carboxylic acids is 2. The zero-order valence-electron chi connectivity index (χ0n) is 18.7. The fourth-order valence-electron chi connectivity index (χ4n) is 3.25. The summed E-state index contributed by atoms with van der Waals surface area (Å²) in [5.41, 5.74) is 2.77. The maximum Gasteiger partial charge on any atom is 0.387 e. The molecule has 1 atom stereocenters. The van der Waals surface area contributed by atoms with Crippen molar-refractivity contribution in [2.75, 3.05) is 10.6 Å². The number of amides is 2. The molecule has 0 aliphatic carbocycles. The smallest absolute Gasteiger partial charge is 0.387 e. The van der Waals surface area contributed by atoms with Crippen LogP contribution in [-0.2, 0) is 9.59 Å². The summed E-state index contributed by atoms with van der Waals surface area (Å²) < 4.78 is 31.1. The molecule has 1 heterocycles. The topological polar surface area (TPSA) is 85.2 Å². The van der Waals surface area contributed by atoms with Gasteiger partial charge in [0.1, 0.15) is 11.8 Å². The molecule has 0 spiro atoms. The highest BCUT2D eigenvalue weighted by molar-refractivity contribution is 6.34. The molecule has 178 valence electrons. The van der Waals surface area contributed by atoms with Gasteiger partial charge in [-0.1, -0.05) is 29.8 Å². The third kappa shape index (κ3) is 6.41. The predicted octanol–water partition coefficient (Wildman–Crippen LogP) is 5.61. The number of benzene rings is 2. The summed E-state index contributed by atoms with van der Waals surface area (Å²) in [4.78, 5) is 24.9. The molecule has 3 aromatic rings. The van der Waals surface area contributed by atoms with Gasteiger partial charge in [-0.2, -0.15) is 13.9 Å². The lowest BCUT2D eigenvalue weighted by Gasteiger charge is -2.15. The van der Waals surface area contributed by atoms with Crippen LogP contribution in [0.25, 0.3) is 6.08 Å². The summed E-state index contributed by atoms with van der Waals surface area (Å²) in [5.74, 6) is -0.838. The van der Waals surface area contributed by atoms with E-state index in [1.54, 1.807) is 41.9 Å².